The van der Waals surface area contributed by atoms with E-state index < -0.39 is 29.5 Å². The SMILES string of the molecule is Cn1c(=O)cc(C(=O)NCC(=O)Nc2cccc3c(=O)[nH][nH]c(=O)c23)c2ccccc21. The maximum atomic E-state index is 12.7. The molecule has 0 bridgehead atoms. The van der Waals surface area contributed by atoms with Crippen LogP contribution in [0.1, 0.15) is 10.4 Å². The largest absolute Gasteiger partial charge is 0.343 e. The monoisotopic (exact) mass is 419 g/mol. The molecule has 0 unspecified atom stereocenters. The van der Waals surface area contributed by atoms with Gasteiger partial charge in [-0.05, 0) is 18.2 Å². The lowest BCUT2D eigenvalue weighted by atomic mass is 10.1. The van der Waals surface area contributed by atoms with E-state index in [1.165, 1.54) is 28.8 Å². The molecule has 2 aromatic carbocycles. The number of amides is 2. The first-order chi connectivity index (χ1) is 14.9. The van der Waals surface area contributed by atoms with Gasteiger partial charge in [-0.1, -0.05) is 24.3 Å². The highest BCUT2D eigenvalue weighted by Gasteiger charge is 2.15. The fourth-order valence-corrected chi connectivity index (χ4v) is 3.38. The van der Waals surface area contributed by atoms with E-state index in [0.29, 0.717) is 10.9 Å². The Balaban J connectivity index is 1.56. The molecule has 2 aromatic heterocycles. The zero-order valence-electron chi connectivity index (χ0n) is 16.3. The molecule has 4 N–H and O–H groups in total. The van der Waals surface area contributed by atoms with Crippen LogP contribution in [0.4, 0.5) is 5.69 Å². The summed E-state index contributed by atoms with van der Waals surface area (Å²) in [5.41, 5.74) is -0.543. The summed E-state index contributed by atoms with van der Waals surface area (Å²) in [6.45, 7) is -0.403. The molecular formula is C21H17N5O5. The minimum atomic E-state index is -0.603. The number of carbonyl (C=O) groups excluding carboxylic acids is 2. The number of hydrogen-bond donors (Lipinski definition) is 4. The first-order valence-electron chi connectivity index (χ1n) is 9.27. The lowest BCUT2D eigenvalue weighted by molar-refractivity contribution is -0.115. The van der Waals surface area contributed by atoms with Crippen molar-refractivity contribution >= 4 is 39.2 Å². The number of anilines is 1. The van der Waals surface area contributed by atoms with Crippen LogP contribution < -0.4 is 27.3 Å². The van der Waals surface area contributed by atoms with Crippen molar-refractivity contribution in [3.63, 3.8) is 0 Å². The number of hydrogen-bond acceptors (Lipinski definition) is 5. The molecular weight excluding hydrogens is 402 g/mol. The van der Waals surface area contributed by atoms with Crippen LogP contribution >= 0.6 is 0 Å². The van der Waals surface area contributed by atoms with Gasteiger partial charge in [0.15, 0.2) is 0 Å². The van der Waals surface area contributed by atoms with E-state index in [1.54, 1.807) is 31.3 Å². The van der Waals surface area contributed by atoms with Gasteiger partial charge in [0.05, 0.1) is 34.1 Å². The second-order valence-corrected chi connectivity index (χ2v) is 6.84. The number of aromatic amines is 2. The number of pyridine rings is 1. The molecule has 2 amide bonds. The predicted molar refractivity (Wildman–Crippen MR) is 115 cm³/mol. The summed E-state index contributed by atoms with van der Waals surface area (Å²) >= 11 is 0. The Kier molecular flexibility index (Phi) is 4.96. The Morgan fingerprint density at radius 3 is 2.45 bits per heavy atom. The lowest BCUT2D eigenvalue weighted by Crippen LogP contribution is -2.34. The van der Waals surface area contributed by atoms with Crippen molar-refractivity contribution in [3.05, 3.63) is 85.2 Å². The topological polar surface area (TPSA) is 146 Å². The Morgan fingerprint density at radius 2 is 1.65 bits per heavy atom. The quantitative estimate of drug-likeness (QED) is 0.379. The fraction of sp³-hybridized carbons (Fsp3) is 0.0952. The average molecular weight is 419 g/mol. The molecule has 0 aliphatic rings. The Morgan fingerprint density at radius 1 is 0.935 bits per heavy atom. The van der Waals surface area contributed by atoms with Gasteiger partial charge >= 0.3 is 0 Å². The number of aryl methyl sites for hydroxylation is 1. The molecule has 10 nitrogen and oxygen atoms in total. The molecule has 2 heterocycles. The van der Waals surface area contributed by atoms with E-state index in [0.717, 1.165) is 0 Å². The molecule has 4 rings (SSSR count). The first kappa shape index (κ1) is 19.8. The van der Waals surface area contributed by atoms with Gasteiger partial charge < -0.3 is 15.2 Å². The van der Waals surface area contributed by atoms with Gasteiger partial charge in [-0.15, -0.1) is 0 Å². The number of nitrogens with zero attached hydrogens (tertiary/aromatic N) is 1. The molecule has 0 fully saturated rings. The van der Waals surface area contributed by atoms with E-state index in [1.807, 2.05) is 0 Å². The van der Waals surface area contributed by atoms with Crippen molar-refractivity contribution in [2.24, 2.45) is 7.05 Å². The van der Waals surface area contributed by atoms with Gasteiger partial charge in [0, 0.05) is 18.5 Å². The van der Waals surface area contributed by atoms with Crippen LogP contribution in [0.3, 0.4) is 0 Å². The van der Waals surface area contributed by atoms with Crippen molar-refractivity contribution in [3.8, 4) is 0 Å². The predicted octanol–water partition coefficient (Wildman–Crippen LogP) is 0.437. The summed E-state index contributed by atoms with van der Waals surface area (Å²) in [6, 6.07) is 12.6. The van der Waals surface area contributed by atoms with Crippen LogP contribution in [-0.2, 0) is 11.8 Å². The summed E-state index contributed by atoms with van der Waals surface area (Å²) in [6.07, 6.45) is 0. The molecule has 31 heavy (non-hydrogen) atoms. The van der Waals surface area contributed by atoms with Crippen LogP contribution in [0.5, 0.6) is 0 Å². The van der Waals surface area contributed by atoms with Crippen LogP contribution in [0, 0.1) is 0 Å². The van der Waals surface area contributed by atoms with Crippen LogP contribution in [0.15, 0.2) is 62.9 Å². The summed E-state index contributed by atoms with van der Waals surface area (Å²) in [5, 5.41) is 10.2. The minimum Gasteiger partial charge on any atom is -0.343 e. The van der Waals surface area contributed by atoms with Gasteiger partial charge in [0.25, 0.3) is 22.6 Å². The molecule has 4 aromatic rings. The van der Waals surface area contributed by atoms with Gasteiger partial charge in [0.1, 0.15) is 0 Å². The van der Waals surface area contributed by atoms with Crippen molar-refractivity contribution in [2.45, 2.75) is 0 Å². The minimum absolute atomic E-state index is 0.0310. The molecule has 0 aliphatic heterocycles. The van der Waals surface area contributed by atoms with E-state index in [2.05, 4.69) is 20.8 Å². The molecule has 0 spiro atoms. The summed E-state index contributed by atoms with van der Waals surface area (Å²) in [4.78, 5) is 61.2. The average Bonchev–Trinajstić information content (AvgIpc) is 2.77. The number of carbonyl (C=O) groups is 2. The van der Waals surface area contributed by atoms with Gasteiger partial charge in [0.2, 0.25) is 5.91 Å². The smallest absolute Gasteiger partial charge is 0.272 e. The zero-order chi connectivity index (χ0) is 22.1. The molecule has 0 atom stereocenters. The number of nitrogens with one attached hydrogen (secondary N) is 4. The van der Waals surface area contributed by atoms with Crippen molar-refractivity contribution in [2.75, 3.05) is 11.9 Å². The number of aromatic nitrogens is 3. The summed E-state index contributed by atoms with van der Waals surface area (Å²) < 4.78 is 1.43. The van der Waals surface area contributed by atoms with Gasteiger partial charge in [-0.3, -0.25) is 34.2 Å². The Labute approximate surface area is 173 Å². The molecule has 0 saturated heterocycles. The number of fused-ring (bicyclic) bond motifs is 2. The Hall–Kier alpha value is -4.47. The Bertz CT molecular complexity index is 1530. The van der Waals surface area contributed by atoms with Gasteiger partial charge in [-0.25, -0.2) is 0 Å². The number of H-pyrrole nitrogens is 2. The third-order valence-corrected chi connectivity index (χ3v) is 4.91. The van der Waals surface area contributed by atoms with E-state index in [4.69, 9.17) is 0 Å². The van der Waals surface area contributed by atoms with Crippen LogP contribution in [-0.4, -0.2) is 33.1 Å². The highest BCUT2D eigenvalue weighted by Crippen LogP contribution is 2.17. The summed E-state index contributed by atoms with van der Waals surface area (Å²) in [5.74, 6) is -1.19. The number of para-hydroxylation sites is 1. The van der Waals surface area contributed by atoms with E-state index in [9.17, 15) is 24.0 Å². The van der Waals surface area contributed by atoms with Crippen molar-refractivity contribution in [1.29, 1.82) is 0 Å². The standard InChI is InChI=1S/C21H17N5O5/c1-26-15-8-3-2-5-11(15)13(9-17(26)28)19(29)22-10-16(27)23-14-7-4-6-12-18(14)21(31)25-24-20(12)30/h2-9H,10H2,1H3,(H,22,29)(H,23,27)(H,24,30)(H,25,31). The third kappa shape index (κ3) is 3.62. The zero-order valence-corrected chi connectivity index (χ0v) is 16.3. The maximum absolute atomic E-state index is 12.7. The number of rotatable bonds is 4. The highest BCUT2D eigenvalue weighted by atomic mass is 16.2. The van der Waals surface area contributed by atoms with Crippen LogP contribution in [0.2, 0.25) is 0 Å². The second-order valence-electron chi connectivity index (χ2n) is 6.84. The lowest BCUT2D eigenvalue weighted by Gasteiger charge is -2.11. The van der Waals surface area contributed by atoms with E-state index in [-0.39, 0.29) is 27.6 Å². The first-order valence-corrected chi connectivity index (χ1v) is 9.27. The third-order valence-electron chi connectivity index (χ3n) is 4.91. The maximum Gasteiger partial charge on any atom is 0.272 e. The van der Waals surface area contributed by atoms with E-state index >= 15 is 0 Å². The van der Waals surface area contributed by atoms with Crippen molar-refractivity contribution < 1.29 is 9.59 Å². The molecule has 156 valence electrons. The molecule has 10 heteroatoms. The fourth-order valence-electron chi connectivity index (χ4n) is 3.38. The molecule has 0 radical (unpaired) electrons. The molecule has 0 saturated carbocycles. The van der Waals surface area contributed by atoms with Gasteiger partial charge in [-0.2, -0.15) is 0 Å². The number of benzene rings is 2. The second kappa shape index (κ2) is 7.75. The normalized spacial score (nSPS) is 10.9. The highest BCUT2D eigenvalue weighted by molar-refractivity contribution is 6.08. The summed E-state index contributed by atoms with van der Waals surface area (Å²) in [7, 11) is 1.61. The molecule has 0 aliphatic carbocycles. The van der Waals surface area contributed by atoms with Crippen molar-refractivity contribution in [1.82, 2.24) is 20.1 Å². The van der Waals surface area contributed by atoms with Crippen LogP contribution in [0.25, 0.3) is 21.7 Å².